The van der Waals surface area contributed by atoms with Crippen molar-refractivity contribution in [2.45, 2.75) is 97.1 Å². The monoisotopic (exact) mass is 637 g/mol. The van der Waals surface area contributed by atoms with Crippen LogP contribution in [0.4, 0.5) is 17.8 Å². The molecule has 1 aromatic rings. The Morgan fingerprint density at radius 2 is 1.61 bits per heavy atom. The molecule has 0 unspecified atom stereocenters. The fraction of sp³-hybridized carbons (Fsp3) is 0.903. The molecule has 13 heteroatoms. The van der Waals surface area contributed by atoms with Gasteiger partial charge in [-0.1, -0.05) is 19.3 Å². The standard InChI is InChI=1S/C31H60N9O3P/c1-4-42-44(41,43-5-2)21-20-39-18-19-40(24-25(39)3)31-37-29(32)36-30(38-31)35-23-27-14-12-26(13-15-27)22-33-16-9-17-34-28-10-7-6-8-11-28/h25-28,33-34H,4-24H2,1-3H3,(H3,32,35,36,37,38)/t25-,26-,27-/m1/s1. The van der Waals surface area contributed by atoms with E-state index < -0.39 is 7.60 Å². The van der Waals surface area contributed by atoms with E-state index in [1.807, 2.05) is 13.8 Å². The Hall–Kier alpha value is -1.56. The molecule has 4 rings (SSSR count). The van der Waals surface area contributed by atoms with Crippen LogP contribution >= 0.6 is 7.60 Å². The maximum atomic E-state index is 12.9. The lowest BCUT2D eigenvalue weighted by molar-refractivity contribution is 0.183. The normalized spacial score (nSPS) is 24.1. The van der Waals surface area contributed by atoms with Gasteiger partial charge in [0.2, 0.25) is 17.8 Å². The summed E-state index contributed by atoms with van der Waals surface area (Å²) in [6.07, 6.45) is 13.6. The molecule has 0 radical (unpaired) electrons. The summed E-state index contributed by atoms with van der Waals surface area (Å²) in [7, 11) is -3.05. The molecule has 1 aromatic heterocycles. The summed E-state index contributed by atoms with van der Waals surface area (Å²) in [6.45, 7) is 13.9. The van der Waals surface area contributed by atoms with Gasteiger partial charge in [0, 0.05) is 44.8 Å². The maximum Gasteiger partial charge on any atom is 0.331 e. The molecule has 0 bridgehead atoms. The molecule has 252 valence electrons. The van der Waals surface area contributed by atoms with E-state index in [9.17, 15) is 4.57 Å². The summed E-state index contributed by atoms with van der Waals surface area (Å²) in [6, 6.07) is 0.997. The molecule has 3 fully saturated rings. The van der Waals surface area contributed by atoms with Gasteiger partial charge >= 0.3 is 7.60 Å². The van der Waals surface area contributed by atoms with Crippen molar-refractivity contribution in [3.8, 4) is 0 Å². The van der Waals surface area contributed by atoms with Crippen LogP contribution in [0, 0.1) is 11.8 Å². The molecule has 1 atom stereocenters. The van der Waals surface area contributed by atoms with E-state index >= 15 is 0 Å². The summed E-state index contributed by atoms with van der Waals surface area (Å²) < 4.78 is 23.8. The third kappa shape index (κ3) is 11.7. The minimum absolute atomic E-state index is 0.234. The summed E-state index contributed by atoms with van der Waals surface area (Å²) in [5.41, 5.74) is 6.11. The fourth-order valence-corrected chi connectivity index (χ4v) is 8.55. The zero-order valence-corrected chi connectivity index (χ0v) is 28.5. The van der Waals surface area contributed by atoms with Crippen molar-refractivity contribution < 1.29 is 13.6 Å². The lowest BCUT2D eigenvalue weighted by Gasteiger charge is -2.40. The first-order chi connectivity index (χ1) is 21.4. The minimum atomic E-state index is -3.05. The van der Waals surface area contributed by atoms with Gasteiger partial charge in [-0.3, -0.25) is 9.46 Å². The number of nitrogen functional groups attached to an aromatic ring is 1. The molecule has 3 aliphatic rings. The van der Waals surface area contributed by atoms with Crippen molar-refractivity contribution in [3.63, 3.8) is 0 Å². The highest BCUT2D eigenvalue weighted by Gasteiger charge is 2.30. The zero-order valence-electron chi connectivity index (χ0n) is 27.6. The van der Waals surface area contributed by atoms with Crippen molar-refractivity contribution in [1.29, 1.82) is 0 Å². The van der Waals surface area contributed by atoms with E-state index in [-0.39, 0.29) is 12.0 Å². The third-order valence-electron chi connectivity index (χ3n) is 9.52. The zero-order chi connectivity index (χ0) is 31.2. The molecule has 44 heavy (non-hydrogen) atoms. The lowest BCUT2D eigenvalue weighted by atomic mass is 9.82. The largest absolute Gasteiger partial charge is 0.368 e. The van der Waals surface area contributed by atoms with Gasteiger partial charge in [-0.25, -0.2) is 0 Å². The summed E-state index contributed by atoms with van der Waals surface area (Å²) in [5.74, 6) is 2.82. The van der Waals surface area contributed by atoms with Crippen molar-refractivity contribution >= 4 is 25.4 Å². The molecule has 5 N–H and O–H groups in total. The third-order valence-corrected chi connectivity index (χ3v) is 11.6. The van der Waals surface area contributed by atoms with Crippen LogP contribution in [0.15, 0.2) is 0 Å². The van der Waals surface area contributed by atoms with Crippen LogP contribution in [0.1, 0.15) is 85.0 Å². The molecule has 12 nitrogen and oxygen atoms in total. The molecule has 0 aromatic carbocycles. The average Bonchev–Trinajstić information content (AvgIpc) is 3.02. The number of anilines is 3. The molecule has 2 saturated carbocycles. The Labute approximate surface area is 265 Å². The molecule has 0 spiro atoms. The Morgan fingerprint density at radius 3 is 2.30 bits per heavy atom. The first-order valence-corrected chi connectivity index (χ1v) is 19.2. The van der Waals surface area contributed by atoms with E-state index in [1.165, 1.54) is 64.2 Å². The first-order valence-electron chi connectivity index (χ1n) is 17.4. The summed E-state index contributed by atoms with van der Waals surface area (Å²) in [5, 5.41) is 10.9. The van der Waals surface area contributed by atoms with Gasteiger partial charge in [0.25, 0.3) is 0 Å². The van der Waals surface area contributed by atoms with Crippen molar-refractivity contribution in [2.24, 2.45) is 11.8 Å². The number of hydrogen-bond donors (Lipinski definition) is 4. The van der Waals surface area contributed by atoms with Crippen LogP contribution in [0.2, 0.25) is 0 Å². The number of rotatable bonds is 18. The van der Waals surface area contributed by atoms with E-state index in [4.69, 9.17) is 19.8 Å². The topological polar surface area (TPSA) is 143 Å². The number of hydrogen-bond acceptors (Lipinski definition) is 12. The summed E-state index contributed by atoms with van der Waals surface area (Å²) in [4.78, 5) is 18.1. The second-order valence-corrected chi connectivity index (χ2v) is 15.1. The van der Waals surface area contributed by atoms with E-state index in [1.54, 1.807) is 0 Å². The van der Waals surface area contributed by atoms with E-state index in [2.05, 4.69) is 42.6 Å². The fourth-order valence-electron chi connectivity index (χ4n) is 6.93. The molecule has 2 heterocycles. The Morgan fingerprint density at radius 1 is 0.909 bits per heavy atom. The molecule has 2 aliphatic carbocycles. The Kier molecular flexibility index (Phi) is 14.9. The van der Waals surface area contributed by atoms with Crippen LogP contribution in [-0.4, -0.2) is 104 Å². The molecule has 1 aliphatic heterocycles. The number of piperazine rings is 1. The lowest BCUT2D eigenvalue weighted by Crippen LogP contribution is -2.53. The van der Waals surface area contributed by atoms with Gasteiger partial charge in [-0.05, 0) is 97.2 Å². The van der Waals surface area contributed by atoms with Gasteiger partial charge in [0.15, 0.2) is 0 Å². The number of nitrogens with two attached hydrogens (primary N) is 1. The molecule has 1 saturated heterocycles. The maximum absolute atomic E-state index is 12.9. The second kappa shape index (κ2) is 18.6. The second-order valence-electron chi connectivity index (χ2n) is 12.9. The molecular weight excluding hydrogens is 577 g/mol. The van der Waals surface area contributed by atoms with Gasteiger partial charge in [-0.2, -0.15) is 15.0 Å². The van der Waals surface area contributed by atoms with Crippen molar-refractivity contribution in [1.82, 2.24) is 30.5 Å². The predicted octanol–water partition coefficient (Wildman–Crippen LogP) is 4.35. The highest BCUT2D eigenvalue weighted by atomic mass is 31.2. The van der Waals surface area contributed by atoms with Crippen molar-refractivity contribution in [3.05, 3.63) is 0 Å². The highest BCUT2D eigenvalue weighted by molar-refractivity contribution is 7.53. The summed E-state index contributed by atoms with van der Waals surface area (Å²) >= 11 is 0. The van der Waals surface area contributed by atoms with Gasteiger partial charge in [0.05, 0.1) is 19.4 Å². The van der Waals surface area contributed by atoms with Crippen molar-refractivity contribution in [2.75, 3.05) is 87.7 Å². The van der Waals surface area contributed by atoms with Gasteiger partial charge < -0.3 is 35.6 Å². The van der Waals surface area contributed by atoms with Gasteiger partial charge in [0.1, 0.15) is 0 Å². The van der Waals surface area contributed by atoms with Crippen LogP contribution in [0.5, 0.6) is 0 Å². The Balaban J connectivity index is 1.13. The SMILES string of the molecule is CCOP(=O)(CCN1CCN(c2nc(N)nc(NC[C@H]3CC[C@H](CNCCCNC4CCCCC4)CC3)n2)C[C@H]1C)OCC. The van der Waals surface area contributed by atoms with Crippen LogP contribution < -0.4 is 26.6 Å². The van der Waals surface area contributed by atoms with E-state index in [0.717, 1.165) is 57.8 Å². The number of aromatic nitrogens is 3. The molecule has 0 amide bonds. The Bertz CT molecular complexity index is 998. The predicted molar refractivity (Wildman–Crippen MR) is 180 cm³/mol. The van der Waals surface area contributed by atoms with Gasteiger partial charge in [-0.15, -0.1) is 0 Å². The van der Waals surface area contributed by atoms with E-state index in [0.29, 0.717) is 43.7 Å². The minimum Gasteiger partial charge on any atom is -0.368 e. The highest BCUT2D eigenvalue weighted by Crippen LogP contribution is 2.47. The average molecular weight is 638 g/mol. The smallest absolute Gasteiger partial charge is 0.331 e. The van der Waals surface area contributed by atoms with Crippen LogP contribution in [-0.2, 0) is 13.6 Å². The molecular formula is C31H60N9O3P. The quantitative estimate of drug-likeness (QED) is 0.134. The number of nitrogens with zero attached hydrogens (tertiary/aromatic N) is 5. The van der Waals surface area contributed by atoms with Crippen LogP contribution in [0.3, 0.4) is 0 Å². The number of nitrogens with one attached hydrogen (secondary N) is 3. The van der Waals surface area contributed by atoms with Crippen LogP contribution in [0.25, 0.3) is 0 Å². The first kappa shape index (κ1) is 35.3.